The molecule has 1 atom stereocenters. The van der Waals surface area contributed by atoms with Crippen molar-refractivity contribution in [1.82, 2.24) is 9.97 Å². The van der Waals surface area contributed by atoms with Gasteiger partial charge in [-0.25, -0.2) is 4.98 Å². The average Bonchev–Trinajstić information content (AvgIpc) is 2.52. The summed E-state index contributed by atoms with van der Waals surface area (Å²) >= 11 is 0. The molecule has 0 aliphatic rings. The number of rotatable bonds is 7. The van der Waals surface area contributed by atoms with Gasteiger partial charge in [-0.3, -0.25) is 0 Å². The van der Waals surface area contributed by atoms with Crippen LogP contribution in [0.25, 0.3) is 10.9 Å². The number of aliphatic hydroxyl groups excluding tert-OH is 1. The summed E-state index contributed by atoms with van der Waals surface area (Å²) in [5, 5.41) is 17.2. The summed E-state index contributed by atoms with van der Waals surface area (Å²) in [6.45, 7) is 7.03. The number of aliphatic hydroxyl groups is 1. The Bertz CT molecular complexity index is 596. The fourth-order valence-electron chi connectivity index (χ4n) is 2.01. The van der Waals surface area contributed by atoms with Gasteiger partial charge in [-0.1, -0.05) is 26.0 Å². The summed E-state index contributed by atoms with van der Waals surface area (Å²) < 4.78 is 0. The fourth-order valence-corrected chi connectivity index (χ4v) is 2.01. The maximum Gasteiger partial charge on any atom is 0.225 e. The molecule has 0 radical (unpaired) electrons. The van der Waals surface area contributed by atoms with Crippen molar-refractivity contribution in [2.45, 2.75) is 39.2 Å². The fraction of sp³-hybridized carbons (Fsp3) is 0.500. The Morgan fingerprint density at radius 1 is 1.19 bits per heavy atom. The van der Waals surface area contributed by atoms with Crippen molar-refractivity contribution in [1.29, 1.82) is 0 Å². The molecule has 1 aromatic heterocycles. The van der Waals surface area contributed by atoms with Gasteiger partial charge in [-0.15, -0.1) is 0 Å². The number of para-hydroxylation sites is 1. The Labute approximate surface area is 125 Å². The number of nitrogens with one attached hydrogen (secondary N) is 2. The first-order chi connectivity index (χ1) is 10.1. The van der Waals surface area contributed by atoms with E-state index in [4.69, 9.17) is 0 Å². The van der Waals surface area contributed by atoms with Crippen molar-refractivity contribution in [2.75, 3.05) is 23.8 Å². The zero-order valence-corrected chi connectivity index (χ0v) is 13.0. The third-order valence-electron chi connectivity index (χ3n) is 3.69. The molecule has 5 nitrogen and oxygen atoms in total. The molecular formula is C16H24N4O. The molecule has 2 rings (SSSR count). The molecule has 114 valence electrons. The van der Waals surface area contributed by atoms with Gasteiger partial charge in [-0.05, 0) is 31.9 Å². The highest BCUT2D eigenvalue weighted by Crippen LogP contribution is 2.25. The predicted octanol–water partition coefficient (Wildman–Crippen LogP) is 3.02. The summed E-state index contributed by atoms with van der Waals surface area (Å²) in [6, 6.07) is 7.91. The lowest BCUT2D eigenvalue weighted by Crippen LogP contribution is -2.38. The van der Waals surface area contributed by atoms with Gasteiger partial charge < -0.3 is 15.7 Å². The summed E-state index contributed by atoms with van der Waals surface area (Å²) in [5.41, 5.74) is 0.504. The van der Waals surface area contributed by atoms with Gasteiger partial charge in [0, 0.05) is 11.9 Å². The van der Waals surface area contributed by atoms with Crippen molar-refractivity contribution < 1.29 is 5.11 Å². The average molecular weight is 288 g/mol. The monoisotopic (exact) mass is 288 g/mol. The summed E-state index contributed by atoms with van der Waals surface area (Å²) in [6.07, 6.45) is 1.82. The molecule has 5 heteroatoms. The van der Waals surface area contributed by atoms with Crippen LogP contribution in [-0.2, 0) is 0 Å². The van der Waals surface area contributed by atoms with Crippen molar-refractivity contribution in [2.24, 2.45) is 0 Å². The summed E-state index contributed by atoms with van der Waals surface area (Å²) in [7, 11) is 0. The molecule has 2 aromatic rings. The number of benzene rings is 1. The Balaban J connectivity index is 2.44. The topological polar surface area (TPSA) is 70.1 Å². The highest BCUT2D eigenvalue weighted by atomic mass is 16.3. The van der Waals surface area contributed by atoms with E-state index in [2.05, 4.69) is 27.5 Å². The maximum absolute atomic E-state index is 9.61. The molecule has 0 saturated carbocycles. The minimum Gasteiger partial charge on any atom is -0.394 e. The first-order valence-corrected chi connectivity index (χ1v) is 7.51. The van der Waals surface area contributed by atoms with Crippen LogP contribution in [0.1, 0.15) is 33.6 Å². The van der Waals surface area contributed by atoms with Gasteiger partial charge in [0.05, 0.1) is 17.7 Å². The molecule has 1 unspecified atom stereocenters. The van der Waals surface area contributed by atoms with Crippen molar-refractivity contribution in [3.63, 3.8) is 0 Å². The van der Waals surface area contributed by atoms with E-state index in [0.29, 0.717) is 5.95 Å². The lowest BCUT2D eigenvalue weighted by molar-refractivity contribution is 0.218. The zero-order chi connectivity index (χ0) is 15.3. The van der Waals surface area contributed by atoms with Crippen molar-refractivity contribution in [3.8, 4) is 0 Å². The van der Waals surface area contributed by atoms with E-state index in [1.807, 2.05) is 38.1 Å². The molecule has 21 heavy (non-hydrogen) atoms. The Morgan fingerprint density at radius 3 is 2.62 bits per heavy atom. The summed E-state index contributed by atoms with van der Waals surface area (Å²) in [5.74, 6) is 1.38. The van der Waals surface area contributed by atoms with Crippen LogP contribution in [0.2, 0.25) is 0 Å². The van der Waals surface area contributed by atoms with Gasteiger partial charge in [0.15, 0.2) is 0 Å². The lowest BCUT2D eigenvalue weighted by atomic mass is 10.00. The molecule has 1 heterocycles. The number of nitrogens with zero attached hydrogens (tertiary/aromatic N) is 2. The van der Waals surface area contributed by atoms with E-state index in [0.717, 1.165) is 36.1 Å². The molecule has 1 aromatic carbocycles. The van der Waals surface area contributed by atoms with E-state index in [1.165, 1.54) is 0 Å². The van der Waals surface area contributed by atoms with Gasteiger partial charge in [-0.2, -0.15) is 4.98 Å². The van der Waals surface area contributed by atoms with Crippen LogP contribution < -0.4 is 10.6 Å². The maximum atomic E-state index is 9.61. The highest BCUT2D eigenvalue weighted by Gasteiger charge is 2.22. The lowest BCUT2D eigenvalue weighted by Gasteiger charge is -2.28. The predicted molar refractivity (Wildman–Crippen MR) is 87.7 cm³/mol. The quantitative estimate of drug-likeness (QED) is 0.730. The van der Waals surface area contributed by atoms with E-state index >= 15 is 0 Å². The minimum absolute atomic E-state index is 0.0551. The van der Waals surface area contributed by atoms with E-state index < -0.39 is 0 Å². The van der Waals surface area contributed by atoms with E-state index in [9.17, 15) is 5.11 Å². The SMILES string of the molecule is CCCNc1nc(NC(C)(CC)CO)c2ccccc2n1. The second-order valence-corrected chi connectivity index (χ2v) is 5.54. The molecule has 3 N–H and O–H groups in total. The smallest absolute Gasteiger partial charge is 0.225 e. The molecule has 0 bridgehead atoms. The molecule has 0 saturated heterocycles. The minimum atomic E-state index is -0.390. The molecule has 0 fully saturated rings. The Kier molecular flexibility index (Phi) is 4.96. The van der Waals surface area contributed by atoms with Crippen molar-refractivity contribution in [3.05, 3.63) is 24.3 Å². The molecule has 0 amide bonds. The van der Waals surface area contributed by atoms with Crippen LogP contribution in [0.3, 0.4) is 0 Å². The van der Waals surface area contributed by atoms with Gasteiger partial charge in [0.2, 0.25) is 5.95 Å². The number of anilines is 2. The van der Waals surface area contributed by atoms with Gasteiger partial charge in [0.25, 0.3) is 0 Å². The van der Waals surface area contributed by atoms with E-state index in [1.54, 1.807) is 0 Å². The second kappa shape index (κ2) is 6.72. The molecular weight excluding hydrogens is 264 g/mol. The standard InChI is InChI=1S/C16H24N4O/c1-4-10-17-15-18-13-9-7-6-8-12(13)14(19-15)20-16(3,5-2)11-21/h6-9,21H,4-5,10-11H2,1-3H3,(H2,17,18,19,20). The van der Waals surface area contributed by atoms with Crippen molar-refractivity contribution >= 4 is 22.7 Å². The van der Waals surface area contributed by atoms with Crippen LogP contribution in [0.4, 0.5) is 11.8 Å². The number of hydrogen-bond donors (Lipinski definition) is 3. The Hall–Kier alpha value is -1.88. The third-order valence-corrected chi connectivity index (χ3v) is 3.69. The first-order valence-electron chi connectivity index (χ1n) is 7.51. The zero-order valence-electron chi connectivity index (χ0n) is 13.0. The Morgan fingerprint density at radius 2 is 1.95 bits per heavy atom. The number of aromatic nitrogens is 2. The van der Waals surface area contributed by atoms with Crippen LogP contribution in [0, 0.1) is 0 Å². The van der Waals surface area contributed by atoms with E-state index in [-0.39, 0.29) is 12.1 Å². The van der Waals surface area contributed by atoms with Crippen LogP contribution >= 0.6 is 0 Å². The normalized spacial score (nSPS) is 13.9. The third kappa shape index (κ3) is 3.61. The molecule has 0 aliphatic heterocycles. The number of hydrogen-bond acceptors (Lipinski definition) is 5. The van der Waals surface area contributed by atoms with Gasteiger partial charge >= 0.3 is 0 Å². The highest BCUT2D eigenvalue weighted by molar-refractivity contribution is 5.90. The molecule has 0 spiro atoms. The van der Waals surface area contributed by atoms with Crippen LogP contribution in [0.5, 0.6) is 0 Å². The number of fused-ring (bicyclic) bond motifs is 1. The molecule has 0 aliphatic carbocycles. The first kappa shape index (κ1) is 15.5. The van der Waals surface area contributed by atoms with Gasteiger partial charge in [0.1, 0.15) is 5.82 Å². The van der Waals surface area contributed by atoms with Crippen LogP contribution in [-0.4, -0.2) is 33.8 Å². The summed E-state index contributed by atoms with van der Waals surface area (Å²) in [4.78, 5) is 9.11. The van der Waals surface area contributed by atoms with Crippen LogP contribution in [0.15, 0.2) is 24.3 Å². The largest absolute Gasteiger partial charge is 0.394 e. The second-order valence-electron chi connectivity index (χ2n) is 5.54.